The van der Waals surface area contributed by atoms with Gasteiger partial charge in [-0.2, -0.15) is 4.39 Å². The normalized spacial score (nSPS) is 14.3. The van der Waals surface area contributed by atoms with Crippen LogP contribution >= 0.6 is 0 Å². The fourth-order valence-electron chi connectivity index (χ4n) is 2.53. The van der Waals surface area contributed by atoms with Gasteiger partial charge in [0.05, 0.1) is 12.1 Å². The summed E-state index contributed by atoms with van der Waals surface area (Å²) in [6.07, 6.45) is 0.390. The number of amides is 2. The van der Waals surface area contributed by atoms with Gasteiger partial charge in [-0.25, -0.2) is 0 Å². The minimum Gasteiger partial charge on any atom is -0.348 e. The van der Waals surface area contributed by atoms with E-state index in [1.54, 1.807) is 12.1 Å². The highest BCUT2D eigenvalue weighted by Gasteiger charge is 2.28. The van der Waals surface area contributed by atoms with Crippen molar-refractivity contribution in [1.82, 2.24) is 5.32 Å². The summed E-state index contributed by atoms with van der Waals surface area (Å²) in [7, 11) is 0. The van der Waals surface area contributed by atoms with E-state index in [1.807, 2.05) is 30.3 Å². The van der Waals surface area contributed by atoms with Crippen LogP contribution in [-0.4, -0.2) is 17.6 Å². The molecule has 0 saturated carbocycles. The number of carbonyl (C=O) groups excluding carboxylic acids is 3. The molecule has 0 spiro atoms. The Morgan fingerprint density at radius 3 is 2.56 bits per heavy atom. The first-order valence-electron chi connectivity index (χ1n) is 7.70. The molecule has 2 aromatic carbocycles. The Labute approximate surface area is 143 Å². The molecule has 0 bridgehead atoms. The van der Waals surface area contributed by atoms with Crippen LogP contribution in [0.15, 0.2) is 66.6 Å². The van der Waals surface area contributed by atoms with Gasteiger partial charge in [-0.3, -0.25) is 19.3 Å². The van der Waals surface area contributed by atoms with Gasteiger partial charge >= 0.3 is 0 Å². The number of hydrogen-bond acceptors (Lipinski definition) is 3. The third kappa shape index (κ3) is 3.80. The SMILES string of the molecule is O=C1C=C(F)N(c2cccc(C(=O)NCc3ccccc3)c2)C(=O)C1. The summed E-state index contributed by atoms with van der Waals surface area (Å²) >= 11 is 0. The number of allylic oxidation sites excluding steroid dienone is 1. The third-order valence-corrected chi connectivity index (χ3v) is 3.73. The maximum Gasteiger partial charge on any atom is 0.251 e. The predicted octanol–water partition coefficient (Wildman–Crippen LogP) is 2.73. The standard InChI is InChI=1S/C19H15FN2O3/c20-17-10-16(23)11-18(24)22(17)15-8-4-7-14(9-15)19(25)21-12-13-5-2-1-3-6-13/h1-10H,11-12H2,(H,21,25). The number of anilines is 1. The summed E-state index contributed by atoms with van der Waals surface area (Å²) in [6, 6.07) is 15.5. The lowest BCUT2D eigenvalue weighted by molar-refractivity contribution is -0.125. The summed E-state index contributed by atoms with van der Waals surface area (Å²) in [5, 5.41) is 2.77. The maximum absolute atomic E-state index is 14.0. The zero-order valence-electron chi connectivity index (χ0n) is 13.2. The van der Waals surface area contributed by atoms with Crippen molar-refractivity contribution in [3.05, 3.63) is 77.8 Å². The summed E-state index contributed by atoms with van der Waals surface area (Å²) < 4.78 is 14.0. The number of carbonyl (C=O) groups is 3. The highest BCUT2D eigenvalue weighted by molar-refractivity contribution is 6.14. The monoisotopic (exact) mass is 338 g/mol. The Bertz CT molecular complexity index is 862. The van der Waals surface area contributed by atoms with E-state index in [9.17, 15) is 18.8 Å². The zero-order chi connectivity index (χ0) is 17.8. The van der Waals surface area contributed by atoms with E-state index in [4.69, 9.17) is 0 Å². The van der Waals surface area contributed by atoms with Crippen LogP contribution in [0.1, 0.15) is 22.3 Å². The average molecular weight is 338 g/mol. The minimum absolute atomic E-state index is 0.207. The van der Waals surface area contributed by atoms with Crippen molar-refractivity contribution in [2.45, 2.75) is 13.0 Å². The molecule has 1 aliphatic rings. The topological polar surface area (TPSA) is 66.5 Å². The molecule has 6 heteroatoms. The Kier molecular flexibility index (Phi) is 4.70. The van der Waals surface area contributed by atoms with Gasteiger partial charge in [0.1, 0.15) is 0 Å². The highest BCUT2D eigenvalue weighted by atomic mass is 19.1. The van der Waals surface area contributed by atoms with Crippen molar-refractivity contribution < 1.29 is 18.8 Å². The zero-order valence-corrected chi connectivity index (χ0v) is 13.2. The van der Waals surface area contributed by atoms with Gasteiger partial charge in [-0.05, 0) is 23.8 Å². The highest BCUT2D eigenvalue weighted by Crippen LogP contribution is 2.25. The van der Waals surface area contributed by atoms with Gasteiger partial charge in [-0.15, -0.1) is 0 Å². The van der Waals surface area contributed by atoms with Gasteiger partial charge < -0.3 is 5.32 Å². The van der Waals surface area contributed by atoms with Gasteiger partial charge in [0.15, 0.2) is 5.78 Å². The second-order valence-corrected chi connectivity index (χ2v) is 5.56. The molecule has 0 aromatic heterocycles. The van der Waals surface area contributed by atoms with E-state index < -0.39 is 24.1 Å². The van der Waals surface area contributed by atoms with Gasteiger partial charge in [0, 0.05) is 18.2 Å². The smallest absolute Gasteiger partial charge is 0.251 e. The molecule has 1 N–H and O–H groups in total. The minimum atomic E-state index is -0.942. The quantitative estimate of drug-likeness (QED) is 0.688. The molecule has 1 heterocycles. The molecule has 25 heavy (non-hydrogen) atoms. The lowest BCUT2D eigenvalue weighted by Crippen LogP contribution is -2.34. The number of nitrogens with zero attached hydrogens (tertiary/aromatic N) is 1. The first kappa shape index (κ1) is 16.6. The van der Waals surface area contributed by atoms with Crippen LogP contribution in [0.5, 0.6) is 0 Å². The van der Waals surface area contributed by atoms with Crippen LogP contribution in [0.25, 0.3) is 0 Å². The molecule has 2 amide bonds. The second kappa shape index (κ2) is 7.09. The number of rotatable bonds is 4. The Morgan fingerprint density at radius 2 is 1.84 bits per heavy atom. The predicted molar refractivity (Wildman–Crippen MR) is 90.4 cm³/mol. The van der Waals surface area contributed by atoms with Crippen LogP contribution in [0, 0.1) is 0 Å². The lowest BCUT2D eigenvalue weighted by atomic mass is 10.1. The first-order valence-corrected chi connectivity index (χ1v) is 7.70. The van der Waals surface area contributed by atoms with E-state index in [2.05, 4.69) is 5.32 Å². The molecule has 0 aliphatic carbocycles. The lowest BCUT2D eigenvalue weighted by Gasteiger charge is -2.23. The van der Waals surface area contributed by atoms with Crippen LogP contribution in [0.3, 0.4) is 0 Å². The Hall–Kier alpha value is -3.28. The van der Waals surface area contributed by atoms with Crippen molar-refractivity contribution in [3.63, 3.8) is 0 Å². The summed E-state index contributed by atoms with van der Waals surface area (Å²) in [5.74, 6) is -2.51. The Morgan fingerprint density at radius 1 is 1.08 bits per heavy atom. The molecule has 126 valence electrons. The van der Waals surface area contributed by atoms with Gasteiger partial charge in [0.2, 0.25) is 11.9 Å². The van der Waals surface area contributed by atoms with Crippen molar-refractivity contribution >= 4 is 23.3 Å². The summed E-state index contributed by atoms with van der Waals surface area (Å²) in [6.45, 7) is 0.356. The third-order valence-electron chi connectivity index (χ3n) is 3.73. The molecular formula is C19H15FN2O3. The van der Waals surface area contributed by atoms with Crippen LogP contribution in [-0.2, 0) is 16.1 Å². The molecule has 0 saturated heterocycles. The van der Waals surface area contributed by atoms with Gasteiger partial charge in [-0.1, -0.05) is 36.4 Å². The molecule has 2 aromatic rings. The summed E-state index contributed by atoms with van der Waals surface area (Å²) in [4.78, 5) is 36.3. The fraction of sp³-hybridized carbons (Fsp3) is 0.105. The molecule has 5 nitrogen and oxygen atoms in total. The molecule has 0 atom stereocenters. The molecule has 0 fully saturated rings. The molecule has 0 radical (unpaired) electrons. The van der Waals surface area contributed by atoms with E-state index in [0.29, 0.717) is 12.1 Å². The molecule has 0 unspecified atom stereocenters. The molecule has 3 rings (SSSR count). The Balaban J connectivity index is 1.77. The van der Waals surface area contributed by atoms with Crippen molar-refractivity contribution in [1.29, 1.82) is 0 Å². The summed E-state index contributed by atoms with van der Waals surface area (Å²) in [5.41, 5.74) is 1.45. The van der Waals surface area contributed by atoms with Crippen LogP contribution in [0.2, 0.25) is 0 Å². The maximum atomic E-state index is 14.0. The van der Waals surface area contributed by atoms with E-state index in [0.717, 1.165) is 16.5 Å². The number of hydrogen-bond donors (Lipinski definition) is 1. The van der Waals surface area contributed by atoms with E-state index in [1.165, 1.54) is 12.1 Å². The van der Waals surface area contributed by atoms with Gasteiger partial charge in [0.25, 0.3) is 5.91 Å². The number of benzene rings is 2. The van der Waals surface area contributed by atoms with E-state index >= 15 is 0 Å². The number of nitrogens with one attached hydrogen (secondary N) is 1. The first-order chi connectivity index (χ1) is 12.0. The van der Waals surface area contributed by atoms with Crippen molar-refractivity contribution in [2.24, 2.45) is 0 Å². The fourth-order valence-corrected chi connectivity index (χ4v) is 2.53. The van der Waals surface area contributed by atoms with Crippen molar-refractivity contribution in [2.75, 3.05) is 4.90 Å². The number of halogens is 1. The van der Waals surface area contributed by atoms with E-state index in [-0.39, 0.29) is 11.6 Å². The second-order valence-electron chi connectivity index (χ2n) is 5.56. The van der Waals surface area contributed by atoms with Crippen LogP contribution in [0.4, 0.5) is 10.1 Å². The molecular weight excluding hydrogens is 323 g/mol. The van der Waals surface area contributed by atoms with Crippen LogP contribution < -0.4 is 10.2 Å². The number of ketones is 1. The van der Waals surface area contributed by atoms with Crippen molar-refractivity contribution in [3.8, 4) is 0 Å². The molecule has 1 aliphatic heterocycles. The largest absolute Gasteiger partial charge is 0.348 e. The average Bonchev–Trinajstić information content (AvgIpc) is 2.60.